The van der Waals surface area contributed by atoms with E-state index in [1.165, 1.54) is 12.1 Å². The molecule has 1 aromatic carbocycles. The van der Waals surface area contributed by atoms with Crippen molar-refractivity contribution in [3.63, 3.8) is 0 Å². The van der Waals surface area contributed by atoms with Crippen LogP contribution in [0.3, 0.4) is 0 Å². The van der Waals surface area contributed by atoms with Crippen LogP contribution in [0.4, 0.5) is 4.39 Å². The Bertz CT molecular complexity index is 449. The number of hydrogen-bond donors (Lipinski definition) is 2. The Kier molecular flexibility index (Phi) is 6.45. The molecule has 0 bridgehead atoms. The molecule has 4 nitrogen and oxygen atoms in total. The zero-order valence-corrected chi connectivity index (χ0v) is 12.3. The second kappa shape index (κ2) is 7.85. The van der Waals surface area contributed by atoms with Crippen molar-refractivity contribution in [2.75, 3.05) is 6.54 Å². The number of amides is 1. The van der Waals surface area contributed by atoms with E-state index < -0.39 is 11.9 Å². The van der Waals surface area contributed by atoms with Crippen LogP contribution in [0.1, 0.15) is 45.2 Å². The van der Waals surface area contributed by atoms with Crippen molar-refractivity contribution in [1.82, 2.24) is 5.32 Å². The lowest BCUT2D eigenvalue weighted by Gasteiger charge is -2.18. The Morgan fingerprint density at radius 1 is 1.45 bits per heavy atom. The van der Waals surface area contributed by atoms with E-state index >= 15 is 0 Å². The molecule has 0 aliphatic heterocycles. The van der Waals surface area contributed by atoms with E-state index in [0.717, 1.165) is 12.8 Å². The van der Waals surface area contributed by atoms with Gasteiger partial charge in [-0.2, -0.15) is 0 Å². The number of nitrogens with two attached hydrogens (primary N) is 1. The van der Waals surface area contributed by atoms with Crippen molar-refractivity contribution in [2.45, 2.75) is 45.8 Å². The van der Waals surface area contributed by atoms with Crippen LogP contribution in [-0.4, -0.2) is 18.6 Å². The molecule has 2 atom stereocenters. The monoisotopic (exact) mass is 282 g/mol. The Balaban J connectivity index is 2.71. The van der Waals surface area contributed by atoms with Crippen LogP contribution in [0.5, 0.6) is 5.75 Å². The summed E-state index contributed by atoms with van der Waals surface area (Å²) in [6, 6.07) is 3.88. The van der Waals surface area contributed by atoms with Crippen LogP contribution < -0.4 is 15.8 Å². The van der Waals surface area contributed by atoms with Crippen LogP contribution >= 0.6 is 0 Å². The minimum Gasteiger partial charge on any atom is -0.480 e. The van der Waals surface area contributed by atoms with E-state index in [-0.39, 0.29) is 11.9 Å². The first-order chi connectivity index (χ1) is 9.45. The van der Waals surface area contributed by atoms with Crippen molar-refractivity contribution in [3.05, 3.63) is 29.6 Å². The van der Waals surface area contributed by atoms with Crippen LogP contribution in [0, 0.1) is 5.82 Å². The van der Waals surface area contributed by atoms with Gasteiger partial charge in [-0.05, 0) is 26.3 Å². The van der Waals surface area contributed by atoms with Gasteiger partial charge in [0.25, 0.3) is 5.91 Å². The average molecular weight is 282 g/mol. The first kappa shape index (κ1) is 16.4. The van der Waals surface area contributed by atoms with Gasteiger partial charge < -0.3 is 15.8 Å². The molecule has 0 aromatic heterocycles. The van der Waals surface area contributed by atoms with Gasteiger partial charge in [0.15, 0.2) is 6.10 Å². The summed E-state index contributed by atoms with van der Waals surface area (Å²) in [5, 5.41) is 2.78. The van der Waals surface area contributed by atoms with Crippen molar-refractivity contribution < 1.29 is 13.9 Å². The fraction of sp³-hybridized carbons (Fsp3) is 0.533. The van der Waals surface area contributed by atoms with Crippen molar-refractivity contribution >= 4 is 5.91 Å². The molecule has 5 heteroatoms. The van der Waals surface area contributed by atoms with Gasteiger partial charge in [-0.1, -0.05) is 19.4 Å². The fourth-order valence-electron chi connectivity index (χ4n) is 1.76. The van der Waals surface area contributed by atoms with Crippen LogP contribution in [0.15, 0.2) is 18.2 Å². The summed E-state index contributed by atoms with van der Waals surface area (Å²) >= 11 is 0. The number of rotatable bonds is 7. The standard InChI is InChI=1S/C15H23FN2O2/c1-4-5-8-18-15(19)11(3)20-14-9-12(16)6-7-13(14)10(2)17/h6-7,9-11H,4-5,8,17H2,1-3H3,(H,18,19)/t10-,11?/m1/s1. The van der Waals surface area contributed by atoms with E-state index in [0.29, 0.717) is 17.9 Å². The molecule has 1 amide bonds. The molecule has 0 spiro atoms. The number of benzene rings is 1. The molecular weight excluding hydrogens is 259 g/mol. The molecule has 112 valence electrons. The molecule has 0 radical (unpaired) electrons. The molecule has 0 heterocycles. The third-order valence-electron chi connectivity index (χ3n) is 2.97. The summed E-state index contributed by atoms with van der Waals surface area (Å²) in [4.78, 5) is 11.8. The van der Waals surface area contributed by atoms with Gasteiger partial charge in [0.1, 0.15) is 11.6 Å². The lowest BCUT2D eigenvalue weighted by Crippen LogP contribution is -2.37. The van der Waals surface area contributed by atoms with Crippen LogP contribution in [-0.2, 0) is 4.79 Å². The number of hydrogen-bond acceptors (Lipinski definition) is 3. The highest BCUT2D eigenvalue weighted by Crippen LogP contribution is 2.25. The van der Waals surface area contributed by atoms with E-state index in [9.17, 15) is 9.18 Å². The summed E-state index contributed by atoms with van der Waals surface area (Å²) in [6.45, 7) is 6.09. The maximum Gasteiger partial charge on any atom is 0.260 e. The van der Waals surface area contributed by atoms with Crippen molar-refractivity contribution in [3.8, 4) is 5.75 Å². The predicted octanol–water partition coefficient (Wildman–Crippen LogP) is 2.53. The Morgan fingerprint density at radius 3 is 2.75 bits per heavy atom. The highest BCUT2D eigenvalue weighted by molar-refractivity contribution is 5.80. The molecule has 0 aliphatic carbocycles. The molecule has 0 saturated carbocycles. The summed E-state index contributed by atoms with van der Waals surface area (Å²) < 4.78 is 18.8. The van der Waals surface area contributed by atoms with Crippen LogP contribution in [0.25, 0.3) is 0 Å². The maximum atomic E-state index is 13.3. The zero-order chi connectivity index (χ0) is 15.1. The normalized spacial score (nSPS) is 13.7. The number of carbonyl (C=O) groups excluding carboxylic acids is 1. The topological polar surface area (TPSA) is 64.3 Å². The summed E-state index contributed by atoms with van der Waals surface area (Å²) in [5.41, 5.74) is 6.49. The fourth-order valence-corrected chi connectivity index (χ4v) is 1.76. The minimum atomic E-state index is -0.689. The van der Waals surface area contributed by atoms with Gasteiger partial charge in [0.05, 0.1) is 0 Å². The molecule has 20 heavy (non-hydrogen) atoms. The smallest absolute Gasteiger partial charge is 0.260 e. The van der Waals surface area contributed by atoms with E-state index in [2.05, 4.69) is 5.32 Å². The second-order valence-corrected chi connectivity index (χ2v) is 4.88. The Morgan fingerprint density at radius 2 is 2.15 bits per heavy atom. The summed E-state index contributed by atoms with van der Waals surface area (Å²) in [5.74, 6) is -0.306. The highest BCUT2D eigenvalue weighted by atomic mass is 19.1. The number of unbranched alkanes of at least 4 members (excludes halogenated alkanes) is 1. The van der Waals surface area contributed by atoms with Gasteiger partial charge in [-0.3, -0.25) is 4.79 Å². The first-order valence-electron chi connectivity index (χ1n) is 6.95. The third-order valence-corrected chi connectivity index (χ3v) is 2.97. The van der Waals surface area contributed by atoms with Gasteiger partial charge in [0.2, 0.25) is 0 Å². The highest BCUT2D eigenvalue weighted by Gasteiger charge is 2.17. The third kappa shape index (κ3) is 4.81. The number of nitrogens with one attached hydrogen (secondary N) is 1. The quantitative estimate of drug-likeness (QED) is 0.755. The summed E-state index contributed by atoms with van der Waals surface area (Å²) in [7, 11) is 0. The average Bonchev–Trinajstić information content (AvgIpc) is 2.38. The predicted molar refractivity (Wildman–Crippen MR) is 77.0 cm³/mol. The Labute approximate surface area is 119 Å². The molecule has 0 fully saturated rings. The van der Waals surface area contributed by atoms with Gasteiger partial charge in [-0.25, -0.2) is 4.39 Å². The van der Waals surface area contributed by atoms with Gasteiger partial charge in [0, 0.05) is 24.2 Å². The van der Waals surface area contributed by atoms with E-state index in [4.69, 9.17) is 10.5 Å². The Hall–Kier alpha value is -1.62. The molecule has 0 saturated heterocycles. The van der Waals surface area contributed by atoms with Crippen molar-refractivity contribution in [1.29, 1.82) is 0 Å². The van der Waals surface area contributed by atoms with Crippen molar-refractivity contribution in [2.24, 2.45) is 5.73 Å². The van der Waals surface area contributed by atoms with E-state index in [1.807, 2.05) is 6.92 Å². The second-order valence-electron chi connectivity index (χ2n) is 4.88. The summed E-state index contributed by atoms with van der Waals surface area (Å²) in [6.07, 6.45) is 1.24. The molecule has 1 unspecified atom stereocenters. The first-order valence-corrected chi connectivity index (χ1v) is 6.95. The minimum absolute atomic E-state index is 0.210. The molecular formula is C15H23FN2O2. The number of carbonyl (C=O) groups is 1. The van der Waals surface area contributed by atoms with E-state index in [1.54, 1.807) is 19.9 Å². The zero-order valence-electron chi connectivity index (χ0n) is 12.3. The maximum absolute atomic E-state index is 13.3. The lowest BCUT2D eigenvalue weighted by molar-refractivity contribution is -0.127. The number of ether oxygens (including phenoxy) is 1. The molecule has 1 aromatic rings. The lowest BCUT2D eigenvalue weighted by atomic mass is 10.1. The SMILES string of the molecule is CCCCNC(=O)C(C)Oc1cc(F)ccc1[C@@H](C)N. The molecule has 0 aliphatic rings. The molecule has 1 rings (SSSR count). The van der Waals surface area contributed by atoms with Gasteiger partial charge >= 0.3 is 0 Å². The van der Waals surface area contributed by atoms with Gasteiger partial charge in [-0.15, -0.1) is 0 Å². The largest absolute Gasteiger partial charge is 0.480 e. The van der Waals surface area contributed by atoms with Crippen LogP contribution in [0.2, 0.25) is 0 Å². The molecule has 3 N–H and O–H groups in total. The number of halogens is 1.